The minimum absolute atomic E-state index is 0.312. The quantitative estimate of drug-likeness (QED) is 0.764. The third-order valence-corrected chi connectivity index (χ3v) is 5.15. The van der Waals surface area contributed by atoms with E-state index in [2.05, 4.69) is 67.4 Å². The highest BCUT2D eigenvalue weighted by molar-refractivity contribution is 5.67. The summed E-state index contributed by atoms with van der Waals surface area (Å²) in [5, 5.41) is 3.78. The van der Waals surface area contributed by atoms with E-state index in [-0.39, 0.29) is 0 Å². The molecular formula is C22H23NO. The lowest BCUT2D eigenvalue weighted by Gasteiger charge is -2.38. The van der Waals surface area contributed by atoms with Crippen molar-refractivity contribution in [3.63, 3.8) is 0 Å². The Morgan fingerprint density at radius 2 is 2.04 bits per heavy atom. The second kappa shape index (κ2) is 6.20. The molecular weight excluding hydrogens is 294 g/mol. The van der Waals surface area contributed by atoms with Crippen LogP contribution in [0.15, 0.2) is 67.3 Å². The van der Waals surface area contributed by atoms with E-state index in [1.54, 1.807) is 6.08 Å². The van der Waals surface area contributed by atoms with Gasteiger partial charge in [-0.05, 0) is 36.5 Å². The zero-order valence-electron chi connectivity index (χ0n) is 14.0. The molecule has 3 atom stereocenters. The molecule has 0 amide bonds. The van der Waals surface area contributed by atoms with E-state index in [1.807, 2.05) is 6.07 Å². The van der Waals surface area contributed by atoms with Crippen LogP contribution < -0.4 is 10.1 Å². The van der Waals surface area contributed by atoms with Gasteiger partial charge in [0.15, 0.2) is 0 Å². The maximum atomic E-state index is 5.90. The summed E-state index contributed by atoms with van der Waals surface area (Å²) >= 11 is 0. The summed E-state index contributed by atoms with van der Waals surface area (Å²) in [6.45, 7) is 6.41. The first-order valence-electron chi connectivity index (χ1n) is 8.64. The molecule has 0 fully saturated rings. The molecule has 2 heteroatoms. The highest BCUT2D eigenvalue weighted by atomic mass is 16.5. The Morgan fingerprint density at radius 3 is 2.83 bits per heavy atom. The third-order valence-electron chi connectivity index (χ3n) is 5.15. The van der Waals surface area contributed by atoms with Crippen LogP contribution >= 0.6 is 0 Å². The first-order valence-corrected chi connectivity index (χ1v) is 8.64. The molecule has 1 aliphatic heterocycles. The van der Waals surface area contributed by atoms with Crippen molar-refractivity contribution in [1.29, 1.82) is 0 Å². The molecule has 1 aliphatic carbocycles. The van der Waals surface area contributed by atoms with Crippen molar-refractivity contribution in [3.05, 3.63) is 84.0 Å². The van der Waals surface area contributed by atoms with Gasteiger partial charge in [-0.2, -0.15) is 0 Å². The first-order chi connectivity index (χ1) is 11.8. The number of ether oxygens (including phenoxy) is 1. The molecule has 2 aromatic carbocycles. The number of para-hydroxylation sites is 1. The number of nitrogens with one attached hydrogen (secondary N) is 1. The molecule has 0 aromatic heterocycles. The summed E-state index contributed by atoms with van der Waals surface area (Å²) in [4.78, 5) is 0. The van der Waals surface area contributed by atoms with E-state index in [9.17, 15) is 0 Å². The normalized spacial score (nSPS) is 24.0. The van der Waals surface area contributed by atoms with E-state index in [1.165, 1.54) is 16.7 Å². The van der Waals surface area contributed by atoms with Crippen molar-refractivity contribution in [2.45, 2.75) is 25.3 Å². The Balaban J connectivity index is 1.76. The zero-order valence-corrected chi connectivity index (χ0v) is 14.0. The minimum Gasteiger partial charge on any atom is -0.487 e. The molecule has 0 bridgehead atoms. The van der Waals surface area contributed by atoms with Gasteiger partial charge in [0.05, 0.1) is 11.7 Å². The second-order valence-corrected chi connectivity index (χ2v) is 6.71. The number of rotatable bonds is 4. The molecule has 0 spiro atoms. The fourth-order valence-electron chi connectivity index (χ4n) is 3.97. The predicted molar refractivity (Wildman–Crippen MR) is 99.7 cm³/mol. The minimum atomic E-state index is 0.312. The van der Waals surface area contributed by atoms with E-state index < -0.39 is 0 Å². The maximum absolute atomic E-state index is 5.90. The number of hydrogen-bond donors (Lipinski definition) is 1. The second-order valence-electron chi connectivity index (χ2n) is 6.71. The third kappa shape index (κ3) is 2.52. The van der Waals surface area contributed by atoms with Crippen LogP contribution in [0, 0.1) is 12.8 Å². The van der Waals surface area contributed by atoms with Gasteiger partial charge >= 0.3 is 0 Å². The lowest BCUT2D eigenvalue weighted by Crippen LogP contribution is -2.29. The lowest BCUT2D eigenvalue weighted by molar-refractivity contribution is 0.358. The average molecular weight is 317 g/mol. The maximum Gasteiger partial charge on any atom is 0.143 e. The summed E-state index contributed by atoms with van der Waals surface area (Å²) in [5.41, 5.74) is 5.13. The fourth-order valence-corrected chi connectivity index (χ4v) is 3.97. The van der Waals surface area contributed by atoms with E-state index >= 15 is 0 Å². The van der Waals surface area contributed by atoms with Gasteiger partial charge in [-0.3, -0.25) is 0 Å². The predicted octanol–water partition coefficient (Wildman–Crippen LogP) is 5.39. The van der Waals surface area contributed by atoms with Crippen molar-refractivity contribution in [2.24, 2.45) is 5.92 Å². The zero-order chi connectivity index (χ0) is 16.5. The fraction of sp³-hybridized carbons (Fsp3) is 0.273. The smallest absolute Gasteiger partial charge is 0.143 e. The molecule has 0 saturated carbocycles. The molecule has 2 nitrogen and oxygen atoms in total. The highest BCUT2D eigenvalue weighted by Crippen LogP contribution is 2.52. The van der Waals surface area contributed by atoms with Crippen molar-refractivity contribution in [3.8, 4) is 5.75 Å². The largest absolute Gasteiger partial charge is 0.487 e. The standard InChI is InChI=1S/C22H23NO/c1-3-14-24-20-9-5-8-19-17-6-4-7-18(17)21(23-22(19)20)16-12-10-15(2)11-13-16/h3-6,8-13,17-18,21,23H,1,7,14H2,2H3. The first kappa shape index (κ1) is 15.1. The number of anilines is 1. The number of aryl methyl sites for hydroxylation is 1. The van der Waals surface area contributed by atoms with Gasteiger partial charge in [-0.15, -0.1) is 0 Å². The van der Waals surface area contributed by atoms with Crippen LogP contribution in [-0.2, 0) is 0 Å². The van der Waals surface area contributed by atoms with Gasteiger partial charge in [0.2, 0.25) is 0 Å². The van der Waals surface area contributed by atoms with Crippen molar-refractivity contribution in [1.82, 2.24) is 0 Å². The SMILES string of the molecule is C=CCOc1cccc2c1NC(c1ccc(C)cc1)C1CC=CC21. The van der Waals surface area contributed by atoms with Gasteiger partial charge in [-0.1, -0.05) is 66.8 Å². The lowest BCUT2D eigenvalue weighted by atomic mass is 9.77. The summed E-state index contributed by atoms with van der Waals surface area (Å²) in [5.74, 6) is 1.94. The van der Waals surface area contributed by atoms with E-state index in [4.69, 9.17) is 4.74 Å². The molecule has 0 radical (unpaired) electrons. The summed E-state index contributed by atoms with van der Waals surface area (Å²) < 4.78 is 5.90. The van der Waals surface area contributed by atoms with Crippen molar-refractivity contribution < 1.29 is 4.74 Å². The van der Waals surface area contributed by atoms with E-state index in [0.29, 0.717) is 24.5 Å². The monoisotopic (exact) mass is 317 g/mol. The number of benzene rings is 2. The number of fused-ring (bicyclic) bond motifs is 3. The molecule has 4 rings (SSSR count). The van der Waals surface area contributed by atoms with Gasteiger partial charge in [0, 0.05) is 5.92 Å². The number of hydrogen-bond acceptors (Lipinski definition) is 2. The Hall–Kier alpha value is -2.48. The topological polar surface area (TPSA) is 21.3 Å². The average Bonchev–Trinajstić information content (AvgIpc) is 3.10. The summed E-state index contributed by atoms with van der Waals surface area (Å²) in [6.07, 6.45) is 7.60. The van der Waals surface area contributed by atoms with Crippen LogP contribution in [0.2, 0.25) is 0 Å². The van der Waals surface area contributed by atoms with Gasteiger partial charge in [-0.25, -0.2) is 0 Å². The van der Waals surface area contributed by atoms with Gasteiger partial charge in [0.25, 0.3) is 0 Å². The summed E-state index contributed by atoms with van der Waals surface area (Å²) in [6, 6.07) is 15.6. The molecule has 24 heavy (non-hydrogen) atoms. The van der Waals surface area contributed by atoms with Crippen molar-refractivity contribution in [2.75, 3.05) is 11.9 Å². The number of allylic oxidation sites excluding steroid dienone is 2. The Kier molecular flexibility index (Phi) is 3.89. The summed E-state index contributed by atoms with van der Waals surface area (Å²) in [7, 11) is 0. The van der Waals surface area contributed by atoms with Crippen LogP contribution in [0.25, 0.3) is 0 Å². The van der Waals surface area contributed by atoms with Crippen LogP contribution in [0.4, 0.5) is 5.69 Å². The van der Waals surface area contributed by atoms with Crippen LogP contribution in [0.1, 0.15) is 35.1 Å². The Morgan fingerprint density at radius 1 is 1.21 bits per heavy atom. The van der Waals surface area contributed by atoms with Crippen molar-refractivity contribution >= 4 is 5.69 Å². The van der Waals surface area contributed by atoms with Crippen LogP contribution in [0.5, 0.6) is 5.75 Å². The molecule has 2 aliphatic rings. The molecule has 122 valence electrons. The van der Waals surface area contributed by atoms with Crippen LogP contribution in [0.3, 0.4) is 0 Å². The molecule has 3 unspecified atom stereocenters. The Labute approximate surface area is 143 Å². The van der Waals surface area contributed by atoms with Gasteiger partial charge in [0.1, 0.15) is 12.4 Å². The van der Waals surface area contributed by atoms with Crippen LogP contribution in [-0.4, -0.2) is 6.61 Å². The Bertz CT molecular complexity index is 775. The van der Waals surface area contributed by atoms with Gasteiger partial charge < -0.3 is 10.1 Å². The molecule has 0 saturated heterocycles. The molecule has 1 N–H and O–H groups in total. The molecule has 1 heterocycles. The highest BCUT2D eigenvalue weighted by Gasteiger charge is 2.38. The van der Waals surface area contributed by atoms with E-state index in [0.717, 1.165) is 17.9 Å². The molecule has 2 aromatic rings.